The molecule has 0 saturated heterocycles. The number of thioether (sulfide) groups is 1. The van der Waals surface area contributed by atoms with Crippen LogP contribution in [0.5, 0.6) is 0 Å². The molecule has 0 aliphatic rings. The maximum Gasteiger partial charge on any atom is 0.214 e. The number of aryl methyl sites for hydroxylation is 1. The van der Waals surface area contributed by atoms with Crippen molar-refractivity contribution in [3.8, 4) is 5.69 Å². The molecule has 0 fully saturated rings. The Balaban J connectivity index is 0.00000156. The number of halogens is 2. The molecule has 0 atom stereocenters. The van der Waals surface area contributed by atoms with Gasteiger partial charge in [-0.25, -0.2) is 0 Å². The first-order valence-corrected chi connectivity index (χ1v) is 8.60. The SMILES string of the molecule is Cl.Cl.Cn1cccc1CNCCCSc1nnnn1-c1ccccc1. The van der Waals surface area contributed by atoms with Gasteiger partial charge in [-0.05, 0) is 47.7 Å². The van der Waals surface area contributed by atoms with E-state index >= 15 is 0 Å². The number of tetrazole rings is 1. The number of aromatic nitrogens is 5. The van der Waals surface area contributed by atoms with Gasteiger partial charge in [0, 0.05) is 31.2 Å². The Kier molecular flexibility index (Phi) is 9.59. The number of nitrogens with one attached hydrogen (secondary N) is 1. The summed E-state index contributed by atoms with van der Waals surface area (Å²) in [5.41, 5.74) is 2.28. The van der Waals surface area contributed by atoms with Crippen LogP contribution in [0.2, 0.25) is 0 Å². The first kappa shape index (κ1) is 21.5. The van der Waals surface area contributed by atoms with Gasteiger partial charge in [-0.3, -0.25) is 0 Å². The van der Waals surface area contributed by atoms with Crippen molar-refractivity contribution in [2.75, 3.05) is 12.3 Å². The molecule has 136 valence electrons. The van der Waals surface area contributed by atoms with Crippen LogP contribution in [0.4, 0.5) is 0 Å². The molecule has 0 radical (unpaired) electrons. The summed E-state index contributed by atoms with van der Waals surface area (Å²) in [7, 11) is 2.07. The van der Waals surface area contributed by atoms with Crippen LogP contribution in [0.1, 0.15) is 12.1 Å². The highest BCUT2D eigenvalue weighted by Gasteiger charge is 2.08. The lowest BCUT2D eigenvalue weighted by atomic mass is 10.3. The van der Waals surface area contributed by atoms with Crippen molar-refractivity contribution in [2.45, 2.75) is 18.1 Å². The third kappa shape index (κ3) is 6.04. The molecule has 2 aromatic heterocycles. The predicted molar refractivity (Wildman–Crippen MR) is 106 cm³/mol. The van der Waals surface area contributed by atoms with Crippen LogP contribution < -0.4 is 5.32 Å². The number of para-hydroxylation sites is 1. The molecular weight excluding hydrogens is 379 g/mol. The Labute approximate surface area is 164 Å². The van der Waals surface area contributed by atoms with Crippen molar-refractivity contribution >= 4 is 36.6 Å². The van der Waals surface area contributed by atoms with Crippen molar-refractivity contribution in [3.63, 3.8) is 0 Å². The zero-order chi connectivity index (χ0) is 15.9. The number of nitrogens with zero attached hydrogens (tertiary/aromatic N) is 5. The molecule has 2 heterocycles. The van der Waals surface area contributed by atoms with Gasteiger partial charge in [-0.15, -0.1) is 29.9 Å². The largest absolute Gasteiger partial charge is 0.353 e. The van der Waals surface area contributed by atoms with E-state index in [2.05, 4.69) is 50.8 Å². The van der Waals surface area contributed by atoms with Gasteiger partial charge >= 0.3 is 0 Å². The maximum atomic E-state index is 4.10. The molecule has 1 aromatic carbocycles. The van der Waals surface area contributed by atoms with E-state index < -0.39 is 0 Å². The van der Waals surface area contributed by atoms with Crippen LogP contribution in [0.3, 0.4) is 0 Å². The molecule has 0 saturated carbocycles. The number of hydrogen-bond donors (Lipinski definition) is 1. The summed E-state index contributed by atoms with van der Waals surface area (Å²) in [6, 6.07) is 14.2. The van der Waals surface area contributed by atoms with Gasteiger partial charge in [0.05, 0.1) is 5.69 Å². The maximum absolute atomic E-state index is 4.10. The molecule has 0 aliphatic carbocycles. The molecule has 1 N–H and O–H groups in total. The summed E-state index contributed by atoms with van der Waals surface area (Å²) in [4.78, 5) is 0. The summed E-state index contributed by atoms with van der Waals surface area (Å²) in [6.45, 7) is 1.88. The van der Waals surface area contributed by atoms with E-state index in [1.54, 1.807) is 16.4 Å². The number of benzene rings is 1. The van der Waals surface area contributed by atoms with Gasteiger partial charge in [-0.1, -0.05) is 30.0 Å². The lowest BCUT2D eigenvalue weighted by Crippen LogP contribution is -2.17. The van der Waals surface area contributed by atoms with Gasteiger partial charge in [0.1, 0.15) is 0 Å². The Bertz CT molecular complexity index is 731. The Morgan fingerprint density at radius 2 is 1.88 bits per heavy atom. The average molecular weight is 401 g/mol. The first-order chi connectivity index (χ1) is 11.3. The van der Waals surface area contributed by atoms with E-state index in [-0.39, 0.29) is 24.8 Å². The lowest BCUT2D eigenvalue weighted by Gasteiger charge is -2.06. The Hall–Kier alpha value is -1.54. The molecule has 0 spiro atoms. The van der Waals surface area contributed by atoms with Crippen molar-refractivity contribution in [2.24, 2.45) is 7.05 Å². The van der Waals surface area contributed by atoms with E-state index in [0.29, 0.717) is 0 Å². The Morgan fingerprint density at radius 3 is 2.60 bits per heavy atom. The van der Waals surface area contributed by atoms with Crippen LogP contribution in [-0.2, 0) is 13.6 Å². The molecule has 0 aliphatic heterocycles. The molecule has 6 nitrogen and oxygen atoms in total. The second kappa shape index (κ2) is 11.1. The van der Waals surface area contributed by atoms with Crippen molar-refractivity contribution < 1.29 is 0 Å². The van der Waals surface area contributed by atoms with Gasteiger partial charge in [-0.2, -0.15) is 4.68 Å². The Morgan fingerprint density at radius 1 is 1.08 bits per heavy atom. The topological polar surface area (TPSA) is 60.6 Å². The lowest BCUT2D eigenvalue weighted by molar-refractivity contribution is 0.646. The summed E-state index contributed by atoms with van der Waals surface area (Å²) in [6.07, 6.45) is 3.13. The smallest absolute Gasteiger partial charge is 0.214 e. The average Bonchev–Trinajstić information content (AvgIpc) is 3.21. The minimum Gasteiger partial charge on any atom is -0.353 e. The minimum absolute atomic E-state index is 0. The van der Waals surface area contributed by atoms with E-state index in [9.17, 15) is 0 Å². The zero-order valence-corrected chi connectivity index (χ0v) is 16.4. The monoisotopic (exact) mass is 400 g/mol. The molecule has 25 heavy (non-hydrogen) atoms. The molecule has 0 unspecified atom stereocenters. The third-order valence-corrected chi connectivity index (χ3v) is 4.53. The van der Waals surface area contributed by atoms with Crippen molar-refractivity contribution in [3.05, 3.63) is 54.4 Å². The quantitative estimate of drug-likeness (QED) is 0.464. The molecular formula is C16H22Cl2N6S. The molecule has 3 aromatic rings. The fourth-order valence-electron chi connectivity index (χ4n) is 2.26. The second-order valence-corrected chi connectivity index (χ2v) is 6.26. The van der Waals surface area contributed by atoms with Gasteiger partial charge in [0.25, 0.3) is 0 Å². The van der Waals surface area contributed by atoms with Gasteiger partial charge < -0.3 is 9.88 Å². The van der Waals surface area contributed by atoms with Crippen LogP contribution >= 0.6 is 36.6 Å². The molecule has 0 amide bonds. The van der Waals surface area contributed by atoms with E-state index in [4.69, 9.17) is 0 Å². The summed E-state index contributed by atoms with van der Waals surface area (Å²) >= 11 is 1.68. The highest BCUT2D eigenvalue weighted by atomic mass is 35.5. The normalized spacial score (nSPS) is 10.1. The summed E-state index contributed by atoms with van der Waals surface area (Å²) in [5, 5.41) is 16.2. The van der Waals surface area contributed by atoms with Gasteiger partial charge in [0.15, 0.2) is 0 Å². The van der Waals surface area contributed by atoms with Crippen LogP contribution in [0.15, 0.2) is 53.8 Å². The molecule has 3 rings (SSSR count). The highest BCUT2D eigenvalue weighted by Crippen LogP contribution is 2.18. The molecule has 0 bridgehead atoms. The fourth-order valence-corrected chi connectivity index (χ4v) is 3.09. The van der Waals surface area contributed by atoms with E-state index in [1.807, 2.05) is 30.3 Å². The van der Waals surface area contributed by atoms with Crippen molar-refractivity contribution in [1.29, 1.82) is 0 Å². The van der Waals surface area contributed by atoms with Crippen LogP contribution in [-0.4, -0.2) is 37.1 Å². The second-order valence-electron chi connectivity index (χ2n) is 5.20. The molecule has 9 heteroatoms. The zero-order valence-electron chi connectivity index (χ0n) is 13.9. The van der Waals surface area contributed by atoms with Crippen molar-refractivity contribution in [1.82, 2.24) is 30.1 Å². The third-order valence-electron chi connectivity index (χ3n) is 3.53. The van der Waals surface area contributed by atoms with Crippen LogP contribution in [0.25, 0.3) is 5.69 Å². The van der Waals surface area contributed by atoms with E-state index in [0.717, 1.165) is 36.1 Å². The van der Waals surface area contributed by atoms with Crippen LogP contribution in [0, 0.1) is 0 Å². The number of rotatable bonds is 8. The highest BCUT2D eigenvalue weighted by molar-refractivity contribution is 7.99. The minimum atomic E-state index is 0. The fraction of sp³-hybridized carbons (Fsp3) is 0.312. The number of hydrogen-bond acceptors (Lipinski definition) is 5. The summed E-state index contributed by atoms with van der Waals surface area (Å²) in [5.74, 6) is 0.980. The first-order valence-electron chi connectivity index (χ1n) is 7.62. The standard InChI is InChI=1S/C16H20N6S.2ClH/c1-21-11-5-9-15(21)13-17-10-6-12-23-16-18-19-20-22(16)14-7-3-2-4-8-14;;/h2-5,7-9,11,17H,6,10,12-13H2,1H3;2*1H. The van der Waals surface area contributed by atoms with E-state index in [1.165, 1.54) is 5.69 Å². The van der Waals surface area contributed by atoms with Gasteiger partial charge in [0.2, 0.25) is 5.16 Å². The summed E-state index contributed by atoms with van der Waals surface area (Å²) < 4.78 is 3.91. The predicted octanol–water partition coefficient (Wildman–Crippen LogP) is 3.12.